The monoisotopic (exact) mass is 211 g/mol. The molecule has 0 aromatic carbocycles. The van der Waals surface area contributed by atoms with E-state index in [0.717, 1.165) is 12.1 Å². The van der Waals surface area contributed by atoms with Crippen molar-refractivity contribution in [3.63, 3.8) is 0 Å². The largest absolute Gasteiger partial charge is 0.392 e. The molecule has 2 nitrogen and oxygen atoms in total. The minimum absolute atomic E-state index is 0.206. The summed E-state index contributed by atoms with van der Waals surface area (Å²) >= 11 is 0. The Bertz CT molecular complexity index is 518. The summed E-state index contributed by atoms with van der Waals surface area (Å²) in [4.78, 5) is 5.25. The van der Waals surface area contributed by atoms with Gasteiger partial charge in [-0.25, -0.2) is 0 Å². The Morgan fingerprint density at radius 1 is 1.06 bits per heavy atom. The Kier molecular flexibility index (Phi) is 2.13. The van der Waals surface area contributed by atoms with Gasteiger partial charge in [-0.05, 0) is 18.1 Å². The van der Waals surface area contributed by atoms with Gasteiger partial charge in [-0.15, -0.1) is 0 Å². The molecular weight excluding hydrogens is 198 g/mol. The fraction of sp³-hybridized carbons (Fsp3) is 0.214. The number of oxime groups is 1. The molecule has 3 rings (SSSR count). The molecule has 1 unspecified atom stereocenters. The Labute approximate surface area is 94.9 Å². The molecule has 0 spiro atoms. The normalized spacial score (nSPS) is 19.6. The molecule has 0 aromatic rings. The highest BCUT2D eigenvalue weighted by atomic mass is 16.6. The van der Waals surface area contributed by atoms with Crippen molar-refractivity contribution in [3.8, 4) is 11.1 Å². The number of hydrogen-bond donors (Lipinski definition) is 0. The molecule has 0 saturated carbocycles. The van der Waals surface area contributed by atoms with E-state index in [1.807, 2.05) is 13.0 Å². The Morgan fingerprint density at radius 3 is 2.75 bits per heavy atom. The first-order valence-corrected chi connectivity index (χ1v) is 5.55. The number of fused-ring (bicyclic) bond motifs is 1. The van der Waals surface area contributed by atoms with E-state index in [4.69, 9.17) is 4.84 Å². The van der Waals surface area contributed by atoms with Gasteiger partial charge in [0, 0.05) is 12.0 Å². The van der Waals surface area contributed by atoms with E-state index in [9.17, 15) is 0 Å². The first-order valence-electron chi connectivity index (χ1n) is 5.55. The predicted molar refractivity (Wildman–Crippen MR) is 64.8 cm³/mol. The quantitative estimate of drug-likeness (QED) is 0.709. The summed E-state index contributed by atoms with van der Waals surface area (Å²) in [5.74, 6) is 0. The van der Waals surface area contributed by atoms with Crippen molar-refractivity contribution in [1.29, 1.82) is 0 Å². The van der Waals surface area contributed by atoms with Crippen LogP contribution in [-0.2, 0) is 4.84 Å². The van der Waals surface area contributed by atoms with Gasteiger partial charge in [0.05, 0.1) is 5.71 Å². The molecular formula is C14H13NO. The fourth-order valence-corrected chi connectivity index (χ4v) is 2.13. The molecule has 0 bridgehead atoms. The summed E-state index contributed by atoms with van der Waals surface area (Å²) < 4.78 is 0. The van der Waals surface area contributed by atoms with E-state index in [0.29, 0.717) is 0 Å². The number of hydrogen-bond acceptors (Lipinski definition) is 2. The first kappa shape index (κ1) is 9.40. The number of nitrogens with zero attached hydrogens (tertiary/aromatic N) is 1. The van der Waals surface area contributed by atoms with Gasteiger partial charge in [-0.3, -0.25) is 0 Å². The lowest BCUT2D eigenvalue weighted by Gasteiger charge is -1.99. The van der Waals surface area contributed by atoms with E-state index in [1.54, 1.807) is 0 Å². The third kappa shape index (κ3) is 1.47. The average Bonchev–Trinajstić information content (AvgIpc) is 2.79. The van der Waals surface area contributed by atoms with Crippen molar-refractivity contribution in [2.45, 2.75) is 19.4 Å². The van der Waals surface area contributed by atoms with Crippen molar-refractivity contribution < 1.29 is 4.84 Å². The van der Waals surface area contributed by atoms with Gasteiger partial charge in [-0.1, -0.05) is 47.6 Å². The third-order valence-electron chi connectivity index (χ3n) is 2.93. The summed E-state index contributed by atoms with van der Waals surface area (Å²) in [5.41, 5.74) is 4.77. The minimum atomic E-state index is 0.206. The Balaban J connectivity index is 2.08. The maximum absolute atomic E-state index is 5.25. The number of rotatable bonds is 1. The van der Waals surface area contributed by atoms with E-state index < -0.39 is 0 Å². The lowest BCUT2D eigenvalue weighted by molar-refractivity contribution is 0.0995. The predicted octanol–water partition coefficient (Wildman–Crippen LogP) is 3.30. The lowest BCUT2D eigenvalue weighted by atomic mass is 10.0. The van der Waals surface area contributed by atoms with Gasteiger partial charge in [-0.2, -0.15) is 0 Å². The van der Waals surface area contributed by atoms with Crippen LogP contribution in [0.2, 0.25) is 0 Å². The Morgan fingerprint density at radius 2 is 1.94 bits per heavy atom. The first-order chi connectivity index (χ1) is 7.84. The van der Waals surface area contributed by atoms with Crippen LogP contribution in [0.5, 0.6) is 0 Å². The van der Waals surface area contributed by atoms with Gasteiger partial charge in [0.2, 0.25) is 0 Å². The molecule has 2 aliphatic carbocycles. The summed E-state index contributed by atoms with van der Waals surface area (Å²) in [6, 6.07) is 14.7. The topological polar surface area (TPSA) is 21.6 Å². The van der Waals surface area contributed by atoms with Gasteiger partial charge >= 0.3 is 0 Å². The highest BCUT2D eigenvalue weighted by molar-refractivity contribution is 6.07. The van der Waals surface area contributed by atoms with E-state index in [-0.39, 0.29) is 6.10 Å². The van der Waals surface area contributed by atoms with Crippen molar-refractivity contribution in [2.24, 2.45) is 5.16 Å². The smallest absolute Gasteiger partial charge is 0.130 e. The Hall–Kier alpha value is -1.83. The highest BCUT2D eigenvalue weighted by Crippen LogP contribution is 2.30. The van der Waals surface area contributed by atoms with Crippen molar-refractivity contribution in [2.75, 3.05) is 0 Å². The molecule has 80 valence electrons. The molecule has 0 radical (unpaired) electrons. The maximum atomic E-state index is 5.25. The van der Waals surface area contributed by atoms with Crippen LogP contribution in [0, 0.1) is 0 Å². The fourth-order valence-electron chi connectivity index (χ4n) is 2.13. The summed E-state index contributed by atoms with van der Waals surface area (Å²) in [6.07, 6.45) is 1.11. The van der Waals surface area contributed by atoms with Crippen LogP contribution in [0.25, 0.3) is 11.1 Å². The van der Waals surface area contributed by atoms with Crippen LogP contribution in [0.15, 0.2) is 47.6 Å². The maximum Gasteiger partial charge on any atom is 0.130 e. The van der Waals surface area contributed by atoms with Crippen LogP contribution in [-0.4, -0.2) is 11.8 Å². The zero-order valence-electron chi connectivity index (χ0n) is 9.18. The van der Waals surface area contributed by atoms with Crippen LogP contribution in [0.1, 0.15) is 18.9 Å². The third-order valence-corrected chi connectivity index (χ3v) is 2.93. The summed E-state index contributed by atoms with van der Waals surface area (Å²) in [6.45, 7) is 2.04. The van der Waals surface area contributed by atoms with Crippen molar-refractivity contribution in [3.05, 3.63) is 48.0 Å². The average molecular weight is 211 g/mol. The van der Waals surface area contributed by atoms with Gasteiger partial charge < -0.3 is 4.84 Å². The molecule has 0 amide bonds. The molecule has 2 heteroatoms. The second kappa shape index (κ2) is 3.63. The van der Waals surface area contributed by atoms with Crippen molar-refractivity contribution >= 4 is 5.71 Å². The summed E-state index contributed by atoms with van der Waals surface area (Å²) in [5, 5.41) is 4.15. The van der Waals surface area contributed by atoms with E-state index >= 15 is 0 Å². The van der Waals surface area contributed by atoms with Crippen LogP contribution >= 0.6 is 0 Å². The second-order valence-corrected chi connectivity index (χ2v) is 4.18. The van der Waals surface area contributed by atoms with Crippen LogP contribution in [0.3, 0.4) is 0 Å². The van der Waals surface area contributed by atoms with Gasteiger partial charge in [0.15, 0.2) is 0 Å². The SMILES string of the molecule is CC1CC(c2ccc3cccccc2-3)=NO1. The molecule has 0 saturated heterocycles. The molecule has 1 aliphatic heterocycles. The van der Waals surface area contributed by atoms with Gasteiger partial charge in [0.25, 0.3) is 0 Å². The molecule has 0 N–H and O–H groups in total. The minimum Gasteiger partial charge on any atom is -0.392 e. The molecule has 0 fully saturated rings. The molecule has 1 heterocycles. The molecule has 3 aliphatic rings. The lowest BCUT2D eigenvalue weighted by Crippen LogP contribution is -2.02. The zero-order chi connectivity index (χ0) is 11.0. The zero-order valence-corrected chi connectivity index (χ0v) is 9.18. The summed E-state index contributed by atoms with van der Waals surface area (Å²) in [7, 11) is 0. The molecule has 0 aromatic heterocycles. The van der Waals surface area contributed by atoms with E-state index in [1.165, 1.54) is 16.7 Å². The molecule has 1 atom stereocenters. The van der Waals surface area contributed by atoms with Crippen LogP contribution in [0.4, 0.5) is 0 Å². The highest BCUT2D eigenvalue weighted by Gasteiger charge is 2.21. The van der Waals surface area contributed by atoms with Gasteiger partial charge in [0.1, 0.15) is 6.10 Å². The standard InChI is InChI=1S/C14H13NO/c1-10-9-14(15-16-10)13-8-7-11-5-3-2-4-6-12(11)13/h2-8,10H,9H2,1H3. The molecule has 16 heavy (non-hydrogen) atoms. The van der Waals surface area contributed by atoms with Crippen molar-refractivity contribution in [1.82, 2.24) is 0 Å². The second-order valence-electron chi connectivity index (χ2n) is 4.18. The van der Waals surface area contributed by atoms with Crippen LogP contribution < -0.4 is 0 Å². The van der Waals surface area contributed by atoms with E-state index in [2.05, 4.69) is 41.6 Å².